The predicted molar refractivity (Wildman–Crippen MR) is 142 cm³/mol. The highest BCUT2D eigenvalue weighted by Gasteiger charge is 2.48. The summed E-state index contributed by atoms with van der Waals surface area (Å²) < 4.78 is 0. The molecule has 3 aromatic rings. The lowest BCUT2D eigenvalue weighted by atomic mass is 9.67. The van der Waals surface area contributed by atoms with Crippen molar-refractivity contribution in [3.05, 3.63) is 81.2 Å². The maximum Gasteiger partial charge on any atom is 0.333 e. The zero-order chi connectivity index (χ0) is 26.4. The monoisotopic (exact) mass is 508 g/mol. The van der Waals surface area contributed by atoms with Crippen molar-refractivity contribution in [3.8, 4) is 6.07 Å². The van der Waals surface area contributed by atoms with Gasteiger partial charge in [-0.3, -0.25) is 19.4 Å². The summed E-state index contributed by atoms with van der Waals surface area (Å²) in [6, 6.07) is 18.2. The summed E-state index contributed by atoms with van der Waals surface area (Å²) in [4.78, 5) is 42.6. The topological polar surface area (TPSA) is 84.7 Å². The van der Waals surface area contributed by atoms with Gasteiger partial charge in [-0.2, -0.15) is 5.26 Å². The summed E-state index contributed by atoms with van der Waals surface area (Å²) in [7, 11) is 2.72. The van der Waals surface area contributed by atoms with Crippen molar-refractivity contribution in [1.29, 1.82) is 5.26 Å². The highest BCUT2D eigenvalue weighted by molar-refractivity contribution is 7.17. The number of hydrogen-bond acceptors (Lipinski definition) is 6. The number of urea groups is 1. The Balaban J connectivity index is 1.62. The summed E-state index contributed by atoms with van der Waals surface area (Å²) in [5.74, 6) is -1.28. The molecular formula is C29H24N4O3S. The molecule has 1 atom stereocenters. The fraction of sp³-hybridized carbons (Fsp3) is 0.241. The van der Waals surface area contributed by atoms with Gasteiger partial charge in [0.15, 0.2) is 0 Å². The van der Waals surface area contributed by atoms with Crippen molar-refractivity contribution in [1.82, 2.24) is 9.80 Å². The predicted octanol–water partition coefficient (Wildman–Crippen LogP) is 5.43. The first-order valence-corrected chi connectivity index (χ1v) is 12.7. The average Bonchev–Trinajstić information content (AvgIpc) is 3.33. The number of anilines is 3. The molecule has 3 aliphatic rings. The van der Waals surface area contributed by atoms with Crippen LogP contribution in [0.3, 0.4) is 0 Å². The number of barbiturate groups is 1. The van der Waals surface area contributed by atoms with Gasteiger partial charge in [-0.1, -0.05) is 50.2 Å². The second kappa shape index (κ2) is 7.40. The zero-order valence-electron chi connectivity index (χ0n) is 21.1. The molecule has 6 rings (SSSR count). The van der Waals surface area contributed by atoms with E-state index < -0.39 is 23.3 Å². The molecule has 0 bridgehead atoms. The lowest BCUT2D eigenvalue weighted by molar-refractivity contribution is -0.134. The van der Waals surface area contributed by atoms with Gasteiger partial charge in [-0.15, -0.1) is 11.3 Å². The Morgan fingerprint density at radius 2 is 1.49 bits per heavy atom. The lowest BCUT2D eigenvalue weighted by Crippen LogP contribution is -2.52. The first-order valence-electron chi connectivity index (χ1n) is 11.9. The number of rotatable bonds is 1. The second-order valence-electron chi connectivity index (χ2n) is 10.4. The average molecular weight is 509 g/mol. The minimum atomic E-state index is -0.934. The third kappa shape index (κ3) is 2.83. The third-order valence-electron chi connectivity index (χ3n) is 7.92. The SMILES string of the molecule is CN1C(=O)C(=Cc2cc3c(s2)N2c4ccccc4C(C)(C)c4cccc(c42)C3(C)C#N)C(=O)N(C)C1=O. The molecule has 0 aliphatic carbocycles. The number of amides is 4. The van der Waals surface area contributed by atoms with Crippen LogP contribution in [-0.4, -0.2) is 41.7 Å². The van der Waals surface area contributed by atoms with E-state index in [1.807, 2.05) is 37.3 Å². The number of hydrogen-bond donors (Lipinski definition) is 0. The van der Waals surface area contributed by atoms with Crippen LogP contribution in [0.5, 0.6) is 0 Å². The maximum absolute atomic E-state index is 12.8. The van der Waals surface area contributed by atoms with E-state index in [4.69, 9.17) is 0 Å². The van der Waals surface area contributed by atoms with Crippen LogP contribution in [0.15, 0.2) is 54.1 Å². The van der Waals surface area contributed by atoms with Gasteiger partial charge in [0.25, 0.3) is 11.8 Å². The van der Waals surface area contributed by atoms with Crippen LogP contribution >= 0.6 is 11.3 Å². The largest absolute Gasteiger partial charge is 0.333 e. The van der Waals surface area contributed by atoms with Gasteiger partial charge in [0.1, 0.15) is 16.0 Å². The summed E-state index contributed by atoms with van der Waals surface area (Å²) in [5.41, 5.74) is 4.84. The van der Waals surface area contributed by atoms with E-state index in [-0.39, 0.29) is 11.0 Å². The molecule has 0 saturated carbocycles. The molecule has 8 heteroatoms. The van der Waals surface area contributed by atoms with Gasteiger partial charge < -0.3 is 4.90 Å². The summed E-state index contributed by atoms with van der Waals surface area (Å²) in [6.45, 7) is 6.33. The number of benzene rings is 2. The molecule has 7 nitrogen and oxygen atoms in total. The van der Waals surface area contributed by atoms with Crippen molar-refractivity contribution in [3.63, 3.8) is 0 Å². The van der Waals surface area contributed by atoms with Gasteiger partial charge in [0.05, 0.1) is 17.4 Å². The molecule has 1 unspecified atom stereocenters. The Morgan fingerprint density at radius 3 is 2.16 bits per heavy atom. The normalized spacial score (nSPS) is 21.4. The number of nitrogens with zero attached hydrogens (tertiary/aromatic N) is 4. The van der Waals surface area contributed by atoms with Crippen molar-refractivity contribution < 1.29 is 14.4 Å². The number of nitriles is 1. The second-order valence-corrected chi connectivity index (χ2v) is 11.4. The molecule has 1 aromatic heterocycles. The Hall–Kier alpha value is -4.22. The van der Waals surface area contributed by atoms with Crippen molar-refractivity contribution in [2.24, 2.45) is 0 Å². The fourth-order valence-corrected chi connectivity index (χ4v) is 6.97. The molecule has 0 radical (unpaired) electrons. The van der Waals surface area contributed by atoms with E-state index in [1.165, 1.54) is 37.1 Å². The van der Waals surface area contributed by atoms with Crippen molar-refractivity contribution >= 4 is 51.6 Å². The van der Waals surface area contributed by atoms with Crippen molar-refractivity contribution in [2.45, 2.75) is 31.6 Å². The van der Waals surface area contributed by atoms with E-state index in [0.29, 0.717) is 4.88 Å². The van der Waals surface area contributed by atoms with Gasteiger partial charge in [0, 0.05) is 35.5 Å². The number of carbonyl (C=O) groups excluding carboxylic acids is 3. The number of thiophene rings is 1. The number of para-hydroxylation sites is 2. The third-order valence-corrected chi connectivity index (χ3v) is 8.98. The molecule has 0 spiro atoms. The molecule has 4 heterocycles. The molecule has 2 aromatic carbocycles. The highest BCUT2D eigenvalue weighted by atomic mass is 32.1. The quantitative estimate of drug-likeness (QED) is 0.323. The van der Waals surface area contributed by atoms with Gasteiger partial charge >= 0.3 is 6.03 Å². The smallest absolute Gasteiger partial charge is 0.301 e. The first kappa shape index (κ1) is 23.2. The van der Waals surface area contributed by atoms with Crippen LogP contribution in [-0.2, 0) is 20.4 Å². The number of carbonyl (C=O) groups is 3. The summed E-state index contributed by atoms with van der Waals surface area (Å²) in [5, 5.41) is 11.4. The Kier molecular flexibility index (Phi) is 4.64. The number of fused-ring (bicyclic) bond motifs is 4. The Bertz CT molecular complexity index is 1620. The maximum atomic E-state index is 12.8. The zero-order valence-corrected chi connectivity index (χ0v) is 21.9. The van der Waals surface area contributed by atoms with Crippen LogP contribution in [0.1, 0.15) is 47.9 Å². The van der Waals surface area contributed by atoms with E-state index in [2.05, 4.69) is 43.0 Å². The molecule has 0 N–H and O–H groups in total. The van der Waals surface area contributed by atoms with Crippen LogP contribution in [0.25, 0.3) is 6.08 Å². The van der Waals surface area contributed by atoms with Crippen LogP contribution in [0, 0.1) is 11.3 Å². The van der Waals surface area contributed by atoms with Crippen molar-refractivity contribution in [2.75, 3.05) is 19.0 Å². The number of likely N-dealkylation sites (N-methyl/N-ethyl adjacent to an activating group) is 2. The van der Waals surface area contributed by atoms with E-state index in [0.717, 1.165) is 42.9 Å². The van der Waals surface area contributed by atoms with E-state index >= 15 is 0 Å². The van der Waals surface area contributed by atoms with E-state index in [1.54, 1.807) is 0 Å². The molecule has 37 heavy (non-hydrogen) atoms. The highest BCUT2D eigenvalue weighted by Crippen LogP contribution is 2.61. The lowest BCUT2D eigenvalue weighted by Gasteiger charge is -2.47. The molecule has 1 saturated heterocycles. The standard InChI is InChI=1S/C29H24N4O3S/c1-28(2)18-9-6-7-12-22(18)33-23-19(28)10-8-11-20(23)29(3,15-30)21-14-16(37-26(21)33)13-17-24(34)31(4)27(36)32(5)25(17)35/h6-14H,1-5H3. The first-order chi connectivity index (χ1) is 17.5. The molecule has 3 aliphatic heterocycles. The van der Waals surface area contributed by atoms with Gasteiger partial charge in [-0.05, 0) is 36.3 Å². The van der Waals surface area contributed by atoms with Gasteiger partial charge in [0.2, 0.25) is 0 Å². The minimum Gasteiger partial charge on any atom is -0.301 e. The molecule has 1 fully saturated rings. The molecule has 4 amide bonds. The van der Waals surface area contributed by atoms with Gasteiger partial charge in [-0.25, -0.2) is 4.79 Å². The summed E-state index contributed by atoms with van der Waals surface area (Å²) in [6.07, 6.45) is 1.54. The van der Waals surface area contributed by atoms with Crippen LogP contribution in [0.4, 0.5) is 21.2 Å². The Labute approximate surface area is 218 Å². The molecule has 184 valence electrons. The van der Waals surface area contributed by atoms with Crippen LogP contribution in [0.2, 0.25) is 0 Å². The fourth-order valence-electron chi connectivity index (χ4n) is 5.74. The Morgan fingerprint density at radius 1 is 0.865 bits per heavy atom. The molecular weight excluding hydrogens is 484 g/mol. The minimum absolute atomic E-state index is 0.0831. The summed E-state index contributed by atoms with van der Waals surface area (Å²) >= 11 is 1.43. The van der Waals surface area contributed by atoms with E-state index in [9.17, 15) is 19.6 Å². The number of imide groups is 2. The van der Waals surface area contributed by atoms with Crippen LogP contribution < -0.4 is 4.90 Å².